The predicted octanol–water partition coefficient (Wildman–Crippen LogP) is 2.19. The lowest BCUT2D eigenvalue weighted by Crippen LogP contribution is -2.29. The lowest BCUT2D eigenvalue weighted by atomic mass is 9.99. The molecule has 3 rings (SSSR count). The van der Waals surface area contributed by atoms with Crippen molar-refractivity contribution >= 4 is 5.91 Å². The highest BCUT2D eigenvalue weighted by Gasteiger charge is 2.32. The van der Waals surface area contributed by atoms with Crippen LogP contribution in [0.5, 0.6) is 0 Å². The Labute approximate surface area is 153 Å². The summed E-state index contributed by atoms with van der Waals surface area (Å²) in [5.41, 5.74) is 4.55. The Hall–Kier alpha value is -2.25. The highest BCUT2D eigenvalue weighted by molar-refractivity contribution is 5.94. The maximum atomic E-state index is 13.0. The molecule has 2 atom stereocenters. The minimum atomic E-state index is -0.126. The van der Waals surface area contributed by atoms with Crippen molar-refractivity contribution in [1.82, 2.24) is 20.1 Å². The number of rotatable bonds is 6. The van der Waals surface area contributed by atoms with Crippen LogP contribution in [0.3, 0.4) is 0 Å². The molecule has 26 heavy (non-hydrogen) atoms. The molecule has 1 aliphatic rings. The van der Waals surface area contributed by atoms with E-state index in [9.17, 15) is 4.79 Å². The molecule has 0 fully saturated rings. The number of aromatic nitrogens is 3. The molecule has 0 saturated carbocycles. The van der Waals surface area contributed by atoms with Crippen molar-refractivity contribution in [3.63, 3.8) is 0 Å². The van der Waals surface area contributed by atoms with Crippen molar-refractivity contribution in [2.24, 2.45) is 0 Å². The van der Waals surface area contributed by atoms with Gasteiger partial charge in [0, 0.05) is 38.0 Å². The Bertz CT molecular complexity index is 787. The van der Waals surface area contributed by atoms with Crippen molar-refractivity contribution in [2.45, 2.75) is 52.5 Å². The summed E-state index contributed by atoms with van der Waals surface area (Å²) < 4.78 is 12.8. The van der Waals surface area contributed by atoms with Crippen LogP contribution in [-0.4, -0.2) is 40.5 Å². The maximum absolute atomic E-state index is 13.0. The molecule has 0 spiro atoms. The number of ether oxygens (including phenoxy) is 2. The zero-order chi connectivity index (χ0) is 18.7. The fraction of sp³-hybridized carbons (Fsp3) is 0.526. The molecule has 0 unspecified atom stereocenters. The molecule has 140 valence electrons. The second-order valence-corrected chi connectivity index (χ2v) is 6.71. The van der Waals surface area contributed by atoms with Crippen molar-refractivity contribution in [1.29, 1.82) is 0 Å². The number of methoxy groups -OCH3 is 1. The van der Waals surface area contributed by atoms with Gasteiger partial charge in [-0.25, -0.2) is 0 Å². The third kappa shape index (κ3) is 3.78. The molecule has 2 aromatic rings. The number of fused-ring (bicyclic) bond motifs is 1. The summed E-state index contributed by atoms with van der Waals surface area (Å²) in [6.45, 7) is 7.46. The number of carbonyl (C=O) groups is 1. The molecule has 7 nitrogen and oxygen atoms in total. The molecule has 0 aliphatic carbocycles. The zero-order valence-electron chi connectivity index (χ0n) is 15.8. The van der Waals surface area contributed by atoms with E-state index in [0.717, 1.165) is 22.4 Å². The number of pyridine rings is 1. The van der Waals surface area contributed by atoms with Crippen LogP contribution >= 0.6 is 0 Å². The predicted molar refractivity (Wildman–Crippen MR) is 96.9 cm³/mol. The summed E-state index contributed by atoms with van der Waals surface area (Å²) in [5, 5.41) is 7.65. The molecule has 1 aliphatic heterocycles. The van der Waals surface area contributed by atoms with Gasteiger partial charge in [-0.15, -0.1) is 0 Å². The van der Waals surface area contributed by atoms with Crippen LogP contribution in [0.4, 0.5) is 0 Å². The quantitative estimate of drug-likeness (QED) is 0.856. The van der Waals surface area contributed by atoms with Crippen LogP contribution < -0.4 is 5.32 Å². The summed E-state index contributed by atoms with van der Waals surface area (Å²) >= 11 is 0. The molecule has 7 heteroatoms. The SMILES string of the molecule is COCCn1nc2c(c1C(=O)NCc1cnccc1C)C[C@H](C)O[C@@H]2C. The van der Waals surface area contributed by atoms with E-state index in [1.165, 1.54) is 0 Å². The van der Waals surface area contributed by atoms with Crippen LogP contribution in [0.25, 0.3) is 0 Å². The van der Waals surface area contributed by atoms with E-state index in [4.69, 9.17) is 9.47 Å². The Morgan fingerprint density at radius 1 is 1.46 bits per heavy atom. The Kier molecular flexibility index (Phi) is 5.68. The molecule has 0 aromatic carbocycles. The van der Waals surface area contributed by atoms with Gasteiger partial charge in [0.05, 0.1) is 31.1 Å². The van der Waals surface area contributed by atoms with Gasteiger partial charge in [-0.2, -0.15) is 5.10 Å². The minimum absolute atomic E-state index is 0.0599. The van der Waals surface area contributed by atoms with Gasteiger partial charge < -0.3 is 14.8 Å². The topological polar surface area (TPSA) is 78.3 Å². The standard InChI is InChI=1S/C19H26N4O3/c1-12-5-6-20-10-15(12)11-21-19(24)18-16-9-13(2)26-14(3)17(16)22-23(18)7-8-25-4/h5-6,10,13-14H,7-9,11H2,1-4H3,(H,21,24)/t13-,14+/m0/s1. The van der Waals surface area contributed by atoms with Crippen LogP contribution in [0, 0.1) is 6.92 Å². The minimum Gasteiger partial charge on any atom is -0.383 e. The number of amides is 1. The first kappa shape index (κ1) is 18.5. The van der Waals surface area contributed by atoms with E-state index >= 15 is 0 Å². The van der Waals surface area contributed by atoms with Gasteiger partial charge in [-0.05, 0) is 38.0 Å². The van der Waals surface area contributed by atoms with Crippen LogP contribution in [-0.2, 0) is 29.0 Å². The fourth-order valence-electron chi connectivity index (χ4n) is 3.33. The highest BCUT2D eigenvalue weighted by Crippen LogP contribution is 2.31. The third-order valence-electron chi connectivity index (χ3n) is 4.70. The molecule has 1 N–H and O–H groups in total. The van der Waals surface area contributed by atoms with Crippen molar-refractivity contribution in [3.05, 3.63) is 46.5 Å². The summed E-state index contributed by atoms with van der Waals surface area (Å²) in [4.78, 5) is 17.1. The van der Waals surface area contributed by atoms with E-state index in [0.29, 0.717) is 31.8 Å². The smallest absolute Gasteiger partial charge is 0.270 e. The lowest BCUT2D eigenvalue weighted by Gasteiger charge is -2.24. The molecule has 2 aromatic heterocycles. The first-order valence-corrected chi connectivity index (χ1v) is 8.93. The third-order valence-corrected chi connectivity index (χ3v) is 4.70. The normalized spacial score (nSPS) is 19.2. The fourth-order valence-corrected chi connectivity index (χ4v) is 3.33. The number of carbonyl (C=O) groups excluding carboxylic acids is 1. The van der Waals surface area contributed by atoms with Gasteiger partial charge in [0.1, 0.15) is 5.69 Å². The zero-order valence-corrected chi connectivity index (χ0v) is 15.8. The second-order valence-electron chi connectivity index (χ2n) is 6.71. The summed E-state index contributed by atoms with van der Waals surface area (Å²) in [6, 6.07) is 1.94. The molecule has 0 saturated heterocycles. The number of aryl methyl sites for hydroxylation is 1. The molecular formula is C19H26N4O3. The molecule has 0 bridgehead atoms. The van der Waals surface area contributed by atoms with Crippen molar-refractivity contribution in [3.8, 4) is 0 Å². The van der Waals surface area contributed by atoms with Crippen molar-refractivity contribution in [2.75, 3.05) is 13.7 Å². The van der Waals surface area contributed by atoms with Gasteiger partial charge >= 0.3 is 0 Å². The van der Waals surface area contributed by atoms with Crippen LogP contribution in [0.2, 0.25) is 0 Å². The first-order chi connectivity index (χ1) is 12.5. The van der Waals surface area contributed by atoms with Gasteiger partial charge in [-0.3, -0.25) is 14.5 Å². The van der Waals surface area contributed by atoms with Gasteiger partial charge in [0.2, 0.25) is 0 Å². The van der Waals surface area contributed by atoms with Crippen LogP contribution in [0.1, 0.15) is 52.8 Å². The first-order valence-electron chi connectivity index (χ1n) is 8.93. The molecular weight excluding hydrogens is 332 g/mol. The average molecular weight is 358 g/mol. The van der Waals surface area contributed by atoms with E-state index < -0.39 is 0 Å². The molecule has 1 amide bonds. The monoisotopic (exact) mass is 358 g/mol. The average Bonchev–Trinajstić information content (AvgIpc) is 2.97. The highest BCUT2D eigenvalue weighted by atomic mass is 16.5. The van der Waals surface area contributed by atoms with Gasteiger partial charge in [-0.1, -0.05) is 0 Å². The number of hydrogen-bond acceptors (Lipinski definition) is 5. The second kappa shape index (κ2) is 7.97. The van der Waals surface area contributed by atoms with Crippen LogP contribution in [0.15, 0.2) is 18.5 Å². The Morgan fingerprint density at radius 3 is 3.00 bits per heavy atom. The maximum Gasteiger partial charge on any atom is 0.270 e. The van der Waals surface area contributed by atoms with Crippen molar-refractivity contribution < 1.29 is 14.3 Å². The van der Waals surface area contributed by atoms with E-state index in [2.05, 4.69) is 15.4 Å². The van der Waals surface area contributed by atoms with E-state index in [-0.39, 0.29) is 18.1 Å². The van der Waals surface area contributed by atoms with E-state index in [1.807, 2.05) is 26.8 Å². The Balaban J connectivity index is 1.87. The Morgan fingerprint density at radius 2 is 2.27 bits per heavy atom. The number of nitrogens with one attached hydrogen (secondary N) is 1. The number of hydrogen-bond donors (Lipinski definition) is 1. The lowest BCUT2D eigenvalue weighted by molar-refractivity contribution is -0.00716. The van der Waals surface area contributed by atoms with Gasteiger partial charge in [0.15, 0.2) is 0 Å². The summed E-state index contributed by atoms with van der Waals surface area (Å²) in [5.74, 6) is -0.126. The number of nitrogens with zero attached hydrogens (tertiary/aromatic N) is 3. The van der Waals surface area contributed by atoms with Gasteiger partial charge in [0.25, 0.3) is 5.91 Å². The molecule has 0 radical (unpaired) electrons. The largest absolute Gasteiger partial charge is 0.383 e. The summed E-state index contributed by atoms with van der Waals surface area (Å²) in [6.07, 6.45) is 4.15. The summed E-state index contributed by atoms with van der Waals surface area (Å²) in [7, 11) is 1.64. The molecule has 3 heterocycles. The van der Waals surface area contributed by atoms with E-state index in [1.54, 1.807) is 24.2 Å².